The molecule has 0 unspecified atom stereocenters. The van der Waals surface area contributed by atoms with Crippen molar-refractivity contribution >= 4 is 11.0 Å². The van der Waals surface area contributed by atoms with E-state index in [1.807, 2.05) is 39.8 Å². The third-order valence-corrected chi connectivity index (χ3v) is 5.19. The van der Waals surface area contributed by atoms with E-state index in [2.05, 4.69) is 12.6 Å². The first-order valence-electron chi connectivity index (χ1n) is 8.08. The van der Waals surface area contributed by atoms with Crippen LogP contribution >= 0.6 is 0 Å². The van der Waals surface area contributed by atoms with Crippen molar-refractivity contribution in [3.63, 3.8) is 0 Å². The molecule has 3 heteroatoms. The highest BCUT2D eigenvalue weighted by Crippen LogP contribution is 2.36. The van der Waals surface area contributed by atoms with E-state index < -0.39 is 11.0 Å². The van der Waals surface area contributed by atoms with Crippen molar-refractivity contribution in [1.82, 2.24) is 0 Å². The van der Waals surface area contributed by atoms with Crippen molar-refractivity contribution in [1.29, 1.82) is 0 Å². The molecule has 1 heterocycles. The van der Waals surface area contributed by atoms with Crippen LogP contribution in [0.3, 0.4) is 0 Å². The van der Waals surface area contributed by atoms with Crippen molar-refractivity contribution < 1.29 is 9.52 Å². The zero-order chi connectivity index (χ0) is 17.0. The summed E-state index contributed by atoms with van der Waals surface area (Å²) in [6.07, 6.45) is 3.44. The van der Waals surface area contributed by atoms with Crippen LogP contribution in [0.25, 0.3) is 11.0 Å². The predicted molar refractivity (Wildman–Crippen MR) is 92.9 cm³/mol. The summed E-state index contributed by atoms with van der Waals surface area (Å²) in [5, 5.41) is 11.2. The molecule has 0 bridgehead atoms. The maximum atomic E-state index is 12.3. The molecule has 1 aromatic carbocycles. The number of allylic oxidation sites excluding steroid dienone is 1. The summed E-state index contributed by atoms with van der Waals surface area (Å²) >= 11 is 0. The van der Waals surface area contributed by atoms with Crippen LogP contribution in [0.4, 0.5) is 0 Å². The first-order valence-corrected chi connectivity index (χ1v) is 8.08. The lowest BCUT2D eigenvalue weighted by atomic mass is 9.85. The van der Waals surface area contributed by atoms with Crippen LogP contribution in [0.15, 0.2) is 40.1 Å². The van der Waals surface area contributed by atoms with E-state index in [9.17, 15) is 9.90 Å². The van der Waals surface area contributed by atoms with Gasteiger partial charge < -0.3 is 9.52 Å². The molecule has 0 aliphatic heterocycles. The van der Waals surface area contributed by atoms with E-state index in [0.717, 1.165) is 18.2 Å². The molecule has 0 saturated heterocycles. The highest BCUT2D eigenvalue weighted by molar-refractivity contribution is 5.79. The first kappa shape index (κ1) is 16.0. The zero-order valence-electron chi connectivity index (χ0n) is 14.3. The fourth-order valence-electron chi connectivity index (χ4n) is 3.30. The van der Waals surface area contributed by atoms with Gasteiger partial charge in [0, 0.05) is 16.4 Å². The van der Waals surface area contributed by atoms with Gasteiger partial charge in [0.1, 0.15) is 5.58 Å². The summed E-state index contributed by atoms with van der Waals surface area (Å²) in [6, 6.07) is 5.98. The minimum atomic E-state index is -0.706. The van der Waals surface area contributed by atoms with Gasteiger partial charge in [-0.1, -0.05) is 19.9 Å². The van der Waals surface area contributed by atoms with Crippen LogP contribution in [0.2, 0.25) is 0 Å². The molecule has 1 aliphatic rings. The Morgan fingerprint density at radius 2 is 1.78 bits per heavy atom. The van der Waals surface area contributed by atoms with Gasteiger partial charge in [0.15, 0.2) is 0 Å². The molecule has 1 atom stereocenters. The lowest BCUT2D eigenvalue weighted by Crippen LogP contribution is -2.31. The number of hydrogen-bond acceptors (Lipinski definition) is 3. The lowest BCUT2D eigenvalue weighted by Gasteiger charge is -2.24. The molecule has 2 aromatic rings. The molecule has 1 aromatic heterocycles. The Kier molecular flexibility index (Phi) is 3.53. The van der Waals surface area contributed by atoms with Crippen LogP contribution in [-0.2, 0) is 18.3 Å². The molecule has 3 nitrogen and oxygen atoms in total. The van der Waals surface area contributed by atoms with Gasteiger partial charge in [0.25, 0.3) is 0 Å². The quantitative estimate of drug-likeness (QED) is 0.694. The summed E-state index contributed by atoms with van der Waals surface area (Å²) in [6.45, 7) is 11.4. The number of fused-ring (bicyclic) bond motifs is 2. The predicted octanol–water partition coefficient (Wildman–Crippen LogP) is 3.74. The number of hydrogen-bond donors (Lipinski definition) is 1. The molecule has 1 aliphatic carbocycles. The Bertz CT molecular complexity index is 834. The number of benzene rings is 1. The molecule has 1 N–H and O–H groups in total. The van der Waals surface area contributed by atoms with Crippen molar-refractivity contribution in [3.05, 3.63) is 58.0 Å². The molecule has 0 saturated carbocycles. The summed E-state index contributed by atoms with van der Waals surface area (Å²) in [7, 11) is 0. The molecule has 0 radical (unpaired) electrons. The van der Waals surface area contributed by atoms with Crippen molar-refractivity contribution in [2.24, 2.45) is 5.92 Å². The highest BCUT2D eigenvalue weighted by atomic mass is 16.4. The maximum Gasteiger partial charge on any atom is 0.340 e. The molecule has 0 fully saturated rings. The van der Waals surface area contributed by atoms with Gasteiger partial charge in [-0.25, -0.2) is 4.79 Å². The maximum absolute atomic E-state index is 12.3. The van der Waals surface area contributed by atoms with Gasteiger partial charge >= 0.3 is 5.63 Å². The smallest absolute Gasteiger partial charge is 0.340 e. The summed E-state index contributed by atoms with van der Waals surface area (Å²) in [5.74, 6) is 0.199. The second-order valence-corrected chi connectivity index (χ2v) is 7.79. The van der Waals surface area contributed by atoms with Gasteiger partial charge in [0.05, 0.1) is 5.60 Å². The normalized spacial score (nSPS) is 18.2. The third kappa shape index (κ3) is 2.74. The summed E-state index contributed by atoms with van der Waals surface area (Å²) in [4.78, 5) is 12.3. The summed E-state index contributed by atoms with van der Waals surface area (Å²) in [5.41, 5.74) is 2.21. The first-order chi connectivity index (χ1) is 10.6. The Labute approximate surface area is 136 Å². The fourth-order valence-corrected chi connectivity index (χ4v) is 3.30. The minimum absolute atomic E-state index is 0.199. The van der Waals surface area contributed by atoms with Crippen LogP contribution in [0, 0.1) is 5.92 Å². The molecule has 23 heavy (non-hydrogen) atoms. The highest BCUT2D eigenvalue weighted by Gasteiger charge is 2.33. The van der Waals surface area contributed by atoms with Crippen LogP contribution in [0.5, 0.6) is 0 Å². The molecular formula is C20H24O3. The SMILES string of the molecule is C=CC(C)(C)c1cc2cc3c(cc2oc1=O)C[C@@H](C(C)(C)O)C3. The Hall–Kier alpha value is -1.87. The number of aliphatic hydroxyl groups is 1. The standard InChI is InChI=1S/C20H24O3/c1-6-19(2,3)16-10-14-7-12-8-15(20(4,5)22)9-13(12)11-17(14)23-18(16)21/h6-7,10-11,15,22H,1,8-9H2,2-5H3/t15-/m0/s1. The van der Waals surface area contributed by atoms with Gasteiger partial charge in [-0.3, -0.25) is 0 Å². The second kappa shape index (κ2) is 5.07. The van der Waals surface area contributed by atoms with Crippen LogP contribution in [0.1, 0.15) is 44.4 Å². The lowest BCUT2D eigenvalue weighted by molar-refractivity contribution is 0.0215. The van der Waals surface area contributed by atoms with Gasteiger partial charge in [-0.05, 0) is 61.9 Å². The average Bonchev–Trinajstić information content (AvgIpc) is 2.87. The van der Waals surface area contributed by atoms with E-state index in [4.69, 9.17) is 4.42 Å². The van der Waals surface area contributed by atoms with Gasteiger partial charge in [-0.2, -0.15) is 0 Å². The van der Waals surface area contributed by atoms with E-state index in [0.29, 0.717) is 11.1 Å². The largest absolute Gasteiger partial charge is 0.422 e. The minimum Gasteiger partial charge on any atom is -0.422 e. The Balaban J connectivity index is 2.13. The van der Waals surface area contributed by atoms with E-state index in [-0.39, 0.29) is 11.5 Å². The monoisotopic (exact) mass is 312 g/mol. The molecular weight excluding hydrogens is 288 g/mol. The van der Waals surface area contributed by atoms with Crippen LogP contribution < -0.4 is 5.63 Å². The topological polar surface area (TPSA) is 50.4 Å². The third-order valence-electron chi connectivity index (χ3n) is 5.19. The van der Waals surface area contributed by atoms with Crippen molar-refractivity contribution in [2.45, 2.75) is 51.6 Å². The van der Waals surface area contributed by atoms with E-state index in [1.54, 1.807) is 6.08 Å². The van der Waals surface area contributed by atoms with Crippen molar-refractivity contribution in [2.75, 3.05) is 0 Å². The molecule has 3 rings (SSSR count). The fraction of sp³-hybridized carbons (Fsp3) is 0.450. The number of rotatable bonds is 3. The summed E-state index contributed by atoms with van der Waals surface area (Å²) < 4.78 is 5.56. The zero-order valence-corrected chi connectivity index (χ0v) is 14.3. The van der Waals surface area contributed by atoms with E-state index in [1.165, 1.54) is 11.1 Å². The second-order valence-electron chi connectivity index (χ2n) is 7.79. The average molecular weight is 312 g/mol. The van der Waals surface area contributed by atoms with Crippen LogP contribution in [-0.4, -0.2) is 10.7 Å². The van der Waals surface area contributed by atoms with E-state index >= 15 is 0 Å². The molecule has 0 amide bonds. The van der Waals surface area contributed by atoms with Crippen molar-refractivity contribution in [3.8, 4) is 0 Å². The van der Waals surface area contributed by atoms with Gasteiger partial charge in [-0.15, -0.1) is 6.58 Å². The Morgan fingerprint density at radius 1 is 1.17 bits per heavy atom. The van der Waals surface area contributed by atoms with Gasteiger partial charge in [0.2, 0.25) is 0 Å². The molecule has 122 valence electrons. The Morgan fingerprint density at radius 3 is 2.35 bits per heavy atom. The molecule has 0 spiro atoms.